The lowest BCUT2D eigenvalue weighted by molar-refractivity contribution is 0.0924. The van der Waals surface area contributed by atoms with E-state index in [2.05, 4.69) is 15.6 Å². The molecule has 1 aromatic heterocycles. The Morgan fingerprint density at radius 2 is 1.44 bits per heavy atom. The highest BCUT2D eigenvalue weighted by Gasteiger charge is 2.37. The van der Waals surface area contributed by atoms with E-state index in [1.54, 1.807) is 48.5 Å². The van der Waals surface area contributed by atoms with Crippen LogP contribution in [0.15, 0.2) is 72.9 Å². The van der Waals surface area contributed by atoms with Crippen LogP contribution in [0.5, 0.6) is 0 Å². The van der Waals surface area contributed by atoms with Crippen LogP contribution in [0, 0.1) is 0 Å². The Morgan fingerprint density at radius 3 is 2.11 bits per heavy atom. The molecule has 1 aliphatic rings. The van der Waals surface area contributed by atoms with E-state index in [4.69, 9.17) is 0 Å². The maximum absolute atomic E-state index is 12.5. The molecule has 7 heteroatoms. The largest absolute Gasteiger partial charge is 0.323 e. The summed E-state index contributed by atoms with van der Waals surface area (Å²) in [6.45, 7) is 0. The number of hydrogen-bond donors (Lipinski definition) is 2. The molecule has 0 bridgehead atoms. The molecule has 0 radical (unpaired) electrons. The average Bonchev–Trinajstić information content (AvgIpc) is 2.94. The fourth-order valence-corrected chi connectivity index (χ4v) is 2.81. The van der Waals surface area contributed by atoms with Gasteiger partial charge in [-0.25, -0.2) is 9.69 Å². The highest BCUT2D eigenvalue weighted by molar-refractivity contribution is 6.33. The van der Waals surface area contributed by atoms with E-state index in [1.165, 1.54) is 6.20 Å². The van der Waals surface area contributed by atoms with Gasteiger partial charge in [0.15, 0.2) is 0 Å². The molecule has 0 aliphatic carbocycles. The van der Waals surface area contributed by atoms with Crippen molar-refractivity contribution < 1.29 is 14.4 Å². The predicted molar refractivity (Wildman–Crippen MR) is 101 cm³/mol. The lowest BCUT2D eigenvalue weighted by atomic mass is 10.2. The van der Waals surface area contributed by atoms with Crippen LogP contribution >= 0.6 is 0 Å². The Bertz CT molecular complexity index is 998. The SMILES string of the molecule is O=C(Nc1ccccc1)Nc1ccc(N2C(=O)c3cccnc3C2=O)cc1. The summed E-state index contributed by atoms with van der Waals surface area (Å²) in [5.74, 6) is -0.872. The molecule has 2 aromatic carbocycles. The molecule has 3 aromatic rings. The monoisotopic (exact) mass is 358 g/mol. The molecule has 4 amide bonds. The Balaban J connectivity index is 1.48. The van der Waals surface area contributed by atoms with E-state index in [1.807, 2.05) is 18.2 Å². The number of benzene rings is 2. The number of para-hydroxylation sites is 1. The standard InChI is InChI=1S/C20H14N4O3/c25-18-16-7-4-12-21-17(16)19(26)24(18)15-10-8-14(9-11-15)23-20(27)22-13-5-2-1-3-6-13/h1-12H,(H2,22,23,27). The smallest absolute Gasteiger partial charge is 0.308 e. The van der Waals surface area contributed by atoms with Crippen LogP contribution < -0.4 is 15.5 Å². The number of carbonyl (C=O) groups excluding carboxylic acids is 3. The quantitative estimate of drug-likeness (QED) is 0.701. The molecule has 0 fully saturated rings. The van der Waals surface area contributed by atoms with Gasteiger partial charge in [0, 0.05) is 17.6 Å². The normalized spacial score (nSPS) is 12.7. The highest BCUT2D eigenvalue weighted by Crippen LogP contribution is 2.27. The molecular formula is C20H14N4O3. The summed E-state index contributed by atoms with van der Waals surface area (Å²) in [5.41, 5.74) is 2.04. The molecule has 0 unspecified atom stereocenters. The van der Waals surface area contributed by atoms with Gasteiger partial charge in [0.2, 0.25) is 0 Å². The first kappa shape index (κ1) is 16.5. The fraction of sp³-hybridized carbons (Fsp3) is 0. The minimum Gasteiger partial charge on any atom is -0.308 e. The van der Waals surface area contributed by atoms with E-state index in [0.717, 1.165) is 4.90 Å². The van der Waals surface area contributed by atoms with Crippen LogP contribution in [-0.2, 0) is 0 Å². The molecule has 7 nitrogen and oxygen atoms in total. The van der Waals surface area contributed by atoms with E-state index in [-0.39, 0.29) is 17.3 Å². The van der Waals surface area contributed by atoms with Crippen molar-refractivity contribution in [2.45, 2.75) is 0 Å². The van der Waals surface area contributed by atoms with Gasteiger partial charge in [-0.15, -0.1) is 0 Å². The summed E-state index contributed by atoms with van der Waals surface area (Å²) in [6.07, 6.45) is 1.48. The maximum Gasteiger partial charge on any atom is 0.323 e. The minimum absolute atomic E-state index is 0.145. The summed E-state index contributed by atoms with van der Waals surface area (Å²) < 4.78 is 0. The first-order valence-corrected chi connectivity index (χ1v) is 8.20. The second-order valence-electron chi connectivity index (χ2n) is 5.84. The Labute approximate surface area is 154 Å². The zero-order chi connectivity index (χ0) is 18.8. The Morgan fingerprint density at radius 1 is 0.778 bits per heavy atom. The number of nitrogens with one attached hydrogen (secondary N) is 2. The van der Waals surface area contributed by atoms with Gasteiger partial charge >= 0.3 is 6.03 Å². The number of pyridine rings is 1. The number of amides is 4. The second-order valence-corrected chi connectivity index (χ2v) is 5.84. The van der Waals surface area contributed by atoms with Crippen LogP contribution in [0.3, 0.4) is 0 Å². The van der Waals surface area contributed by atoms with E-state index < -0.39 is 11.8 Å². The van der Waals surface area contributed by atoms with Gasteiger partial charge in [0.25, 0.3) is 11.8 Å². The Hall–Kier alpha value is -4.00. The summed E-state index contributed by atoms with van der Waals surface area (Å²) >= 11 is 0. The average molecular weight is 358 g/mol. The van der Waals surface area contributed by atoms with Crippen molar-refractivity contribution in [3.63, 3.8) is 0 Å². The maximum atomic E-state index is 12.5. The summed E-state index contributed by atoms with van der Waals surface area (Å²) in [6, 6.07) is 18.3. The van der Waals surface area contributed by atoms with Gasteiger partial charge in [-0.1, -0.05) is 18.2 Å². The molecule has 0 atom stereocenters. The van der Waals surface area contributed by atoms with Crippen LogP contribution in [0.4, 0.5) is 21.9 Å². The molecular weight excluding hydrogens is 344 g/mol. The molecule has 2 heterocycles. The highest BCUT2D eigenvalue weighted by atomic mass is 16.2. The van der Waals surface area contributed by atoms with Crippen molar-refractivity contribution in [3.8, 4) is 0 Å². The van der Waals surface area contributed by atoms with Crippen molar-refractivity contribution in [2.24, 2.45) is 0 Å². The number of urea groups is 1. The first-order chi connectivity index (χ1) is 13.1. The van der Waals surface area contributed by atoms with Crippen LogP contribution in [0.1, 0.15) is 20.8 Å². The zero-order valence-corrected chi connectivity index (χ0v) is 14.0. The van der Waals surface area contributed by atoms with Crippen LogP contribution in [0.2, 0.25) is 0 Å². The molecule has 0 saturated carbocycles. The number of hydrogen-bond acceptors (Lipinski definition) is 4. The molecule has 4 rings (SSSR count). The van der Waals surface area contributed by atoms with Crippen molar-refractivity contribution in [2.75, 3.05) is 15.5 Å². The number of nitrogens with zero attached hydrogens (tertiary/aromatic N) is 2. The third kappa shape index (κ3) is 3.13. The molecule has 132 valence electrons. The lowest BCUT2D eigenvalue weighted by Crippen LogP contribution is -2.29. The number of rotatable bonds is 3. The van der Waals surface area contributed by atoms with Crippen molar-refractivity contribution in [1.82, 2.24) is 4.98 Å². The molecule has 2 N–H and O–H groups in total. The van der Waals surface area contributed by atoms with E-state index >= 15 is 0 Å². The third-order valence-electron chi connectivity index (χ3n) is 4.06. The van der Waals surface area contributed by atoms with Crippen molar-refractivity contribution in [1.29, 1.82) is 0 Å². The van der Waals surface area contributed by atoms with Gasteiger partial charge in [-0.3, -0.25) is 14.6 Å². The van der Waals surface area contributed by atoms with Gasteiger partial charge in [-0.2, -0.15) is 0 Å². The van der Waals surface area contributed by atoms with E-state index in [9.17, 15) is 14.4 Å². The molecule has 1 aliphatic heterocycles. The summed E-state index contributed by atoms with van der Waals surface area (Å²) in [4.78, 5) is 42.0. The van der Waals surface area contributed by atoms with E-state index in [0.29, 0.717) is 17.1 Å². The minimum atomic E-state index is -0.460. The number of carbonyl (C=O) groups is 3. The van der Waals surface area contributed by atoms with Crippen molar-refractivity contribution >= 4 is 34.9 Å². The number of imide groups is 1. The summed E-state index contributed by atoms with van der Waals surface area (Å²) in [7, 11) is 0. The molecule has 0 spiro atoms. The summed E-state index contributed by atoms with van der Waals surface area (Å²) in [5, 5.41) is 5.41. The molecule has 27 heavy (non-hydrogen) atoms. The number of aromatic nitrogens is 1. The lowest BCUT2D eigenvalue weighted by Gasteiger charge is -2.14. The number of fused-ring (bicyclic) bond motifs is 1. The predicted octanol–water partition coefficient (Wildman–Crippen LogP) is 3.53. The van der Waals surface area contributed by atoms with Gasteiger partial charge in [-0.05, 0) is 48.5 Å². The molecule has 0 saturated heterocycles. The van der Waals surface area contributed by atoms with Crippen molar-refractivity contribution in [3.05, 3.63) is 84.2 Å². The zero-order valence-electron chi connectivity index (χ0n) is 14.0. The third-order valence-corrected chi connectivity index (χ3v) is 4.06. The van der Waals surface area contributed by atoms with Gasteiger partial charge < -0.3 is 10.6 Å². The van der Waals surface area contributed by atoms with Gasteiger partial charge in [0.1, 0.15) is 5.69 Å². The van der Waals surface area contributed by atoms with Crippen LogP contribution in [0.25, 0.3) is 0 Å². The Kier molecular flexibility index (Phi) is 4.10. The van der Waals surface area contributed by atoms with Crippen LogP contribution in [-0.4, -0.2) is 22.8 Å². The number of anilines is 3. The second kappa shape index (κ2) is 6.72. The fourth-order valence-electron chi connectivity index (χ4n) is 2.81. The first-order valence-electron chi connectivity index (χ1n) is 8.20. The topological polar surface area (TPSA) is 91.4 Å². The van der Waals surface area contributed by atoms with Gasteiger partial charge in [0.05, 0.1) is 11.3 Å².